The largest absolute Gasteiger partial charge is 0.491 e. The van der Waals surface area contributed by atoms with E-state index in [1.165, 1.54) is 12.1 Å². The minimum Gasteiger partial charge on any atom is -0.491 e. The van der Waals surface area contributed by atoms with Gasteiger partial charge in [-0.15, -0.1) is 10.2 Å². The van der Waals surface area contributed by atoms with E-state index >= 15 is 0 Å². The third kappa shape index (κ3) is 5.14. The normalized spacial score (nSPS) is 21.2. The summed E-state index contributed by atoms with van der Waals surface area (Å²) in [6, 6.07) is 6.09. The molecule has 0 radical (unpaired) electrons. The Bertz CT molecular complexity index is 836. The van der Waals surface area contributed by atoms with E-state index in [-0.39, 0.29) is 30.5 Å². The molecule has 0 unspecified atom stereocenters. The van der Waals surface area contributed by atoms with E-state index in [2.05, 4.69) is 15.1 Å². The second-order valence-electron chi connectivity index (χ2n) is 7.69. The van der Waals surface area contributed by atoms with Gasteiger partial charge in [0, 0.05) is 25.6 Å². The highest BCUT2D eigenvalue weighted by atomic mass is 19.1. The van der Waals surface area contributed by atoms with Gasteiger partial charge in [-0.2, -0.15) is 0 Å². The maximum absolute atomic E-state index is 13.0. The van der Waals surface area contributed by atoms with Crippen LogP contribution in [0.25, 0.3) is 0 Å². The van der Waals surface area contributed by atoms with Crippen LogP contribution in [0.4, 0.5) is 4.39 Å². The number of rotatable bonds is 7. The summed E-state index contributed by atoms with van der Waals surface area (Å²) in [7, 11) is 0. The Labute approximate surface area is 174 Å². The molecule has 2 aromatic rings. The predicted octanol–water partition coefficient (Wildman–Crippen LogP) is 2.04. The summed E-state index contributed by atoms with van der Waals surface area (Å²) in [6.07, 6.45) is 2.33. The van der Waals surface area contributed by atoms with Crippen LogP contribution in [0.3, 0.4) is 0 Å². The smallest absolute Gasteiger partial charge is 0.248 e. The Hall–Kier alpha value is -2.52. The van der Waals surface area contributed by atoms with Crippen molar-refractivity contribution in [1.82, 2.24) is 20.0 Å². The van der Waals surface area contributed by atoms with Crippen molar-refractivity contribution in [2.75, 3.05) is 32.8 Å². The molecule has 0 bridgehead atoms. The van der Waals surface area contributed by atoms with E-state index in [4.69, 9.17) is 13.9 Å². The summed E-state index contributed by atoms with van der Waals surface area (Å²) in [5, 5.41) is 8.10. The molecule has 0 aliphatic carbocycles. The molecule has 0 spiro atoms. The SMILES string of the molecule is CCc1nnc(CN2CCC(N3C[C@H](COc4ccc(F)cc4)OCC3=O)CC2)o1. The molecule has 0 saturated carbocycles. The molecule has 162 valence electrons. The second-order valence-corrected chi connectivity index (χ2v) is 7.69. The first-order chi connectivity index (χ1) is 14.6. The van der Waals surface area contributed by atoms with Crippen LogP contribution in [0.5, 0.6) is 5.75 Å². The molecule has 0 N–H and O–H groups in total. The number of benzene rings is 1. The molecule has 1 amide bonds. The first-order valence-corrected chi connectivity index (χ1v) is 10.4. The minimum absolute atomic E-state index is 0.0240. The van der Waals surface area contributed by atoms with E-state index in [1.807, 2.05) is 11.8 Å². The van der Waals surface area contributed by atoms with Crippen molar-refractivity contribution in [2.24, 2.45) is 0 Å². The fourth-order valence-electron chi connectivity index (χ4n) is 3.90. The molecule has 1 aromatic heterocycles. The van der Waals surface area contributed by atoms with E-state index in [0.29, 0.717) is 37.2 Å². The van der Waals surface area contributed by atoms with Gasteiger partial charge in [-0.25, -0.2) is 4.39 Å². The third-order valence-corrected chi connectivity index (χ3v) is 5.58. The van der Waals surface area contributed by atoms with Crippen LogP contribution in [0.15, 0.2) is 28.7 Å². The van der Waals surface area contributed by atoms with E-state index in [9.17, 15) is 9.18 Å². The number of carbonyl (C=O) groups is 1. The van der Waals surface area contributed by atoms with Crippen LogP contribution in [-0.2, 0) is 22.5 Å². The molecule has 2 aliphatic heterocycles. The summed E-state index contributed by atoms with van der Waals surface area (Å²) in [4.78, 5) is 16.6. The zero-order valence-electron chi connectivity index (χ0n) is 17.1. The van der Waals surface area contributed by atoms with Crippen molar-refractivity contribution in [2.45, 2.75) is 44.9 Å². The Morgan fingerprint density at radius 2 is 1.90 bits per heavy atom. The van der Waals surface area contributed by atoms with Gasteiger partial charge in [0.1, 0.15) is 30.9 Å². The molecule has 2 aliphatic rings. The highest BCUT2D eigenvalue weighted by Gasteiger charge is 2.34. The summed E-state index contributed by atoms with van der Waals surface area (Å²) >= 11 is 0. The van der Waals surface area contributed by atoms with E-state index < -0.39 is 0 Å². The Kier molecular flexibility index (Phi) is 6.59. The van der Waals surface area contributed by atoms with Gasteiger partial charge >= 0.3 is 0 Å². The van der Waals surface area contributed by atoms with Crippen LogP contribution < -0.4 is 4.74 Å². The van der Waals surface area contributed by atoms with Gasteiger partial charge in [0.15, 0.2) is 0 Å². The predicted molar refractivity (Wildman–Crippen MR) is 105 cm³/mol. The highest BCUT2D eigenvalue weighted by Crippen LogP contribution is 2.22. The first-order valence-electron chi connectivity index (χ1n) is 10.4. The standard InChI is InChI=1S/C21H27FN4O4/c1-2-19-23-24-20(30-19)12-25-9-7-16(8-10-25)26-11-18(29-14-21(26)27)13-28-17-5-3-15(22)4-6-17/h3-6,16,18H,2,7-14H2,1H3/t18-/m1/s1. The molecule has 1 aromatic carbocycles. The second kappa shape index (κ2) is 9.53. The molecular weight excluding hydrogens is 391 g/mol. The van der Waals surface area contributed by atoms with Crippen LogP contribution in [0.1, 0.15) is 31.5 Å². The lowest BCUT2D eigenvalue weighted by atomic mass is 10.0. The van der Waals surface area contributed by atoms with Gasteiger partial charge in [-0.3, -0.25) is 9.69 Å². The average Bonchev–Trinajstić information content (AvgIpc) is 3.22. The van der Waals surface area contributed by atoms with Gasteiger partial charge in [0.05, 0.1) is 13.1 Å². The summed E-state index contributed by atoms with van der Waals surface area (Å²) in [5.74, 6) is 1.61. The van der Waals surface area contributed by atoms with Crippen LogP contribution in [0, 0.1) is 5.82 Å². The van der Waals surface area contributed by atoms with Gasteiger partial charge in [0.2, 0.25) is 17.7 Å². The van der Waals surface area contributed by atoms with Crippen molar-refractivity contribution in [3.05, 3.63) is 41.9 Å². The van der Waals surface area contributed by atoms with E-state index in [1.54, 1.807) is 12.1 Å². The Morgan fingerprint density at radius 3 is 2.60 bits per heavy atom. The maximum Gasteiger partial charge on any atom is 0.248 e. The monoisotopic (exact) mass is 418 g/mol. The molecule has 4 rings (SSSR count). The van der Waals surface area contributed by atoms with Crippen molar-refractivity contribution < 1.29 is 23.1 Å². The number of likely N-dealkylation sites (tertiary alicyclic amines) is 1. The molecule has 1 atom stereocenters. The van der Waals surface area contributed by atoms with Gasteiger partial charge < -0.3 is 18.8 Å². The number of hydrogen-bond donors (Lipinski definition) is 0. The molecule has 8 nitrogen and oxygen atoms in total. The molecule has 2 saturated heterocycles. The first kappa shape index (κ1) is 20.7. The van der Waals surface area contributed by atoms with Crippen molar-refractivity contribution in [1.29, 1.82) is 0 Å². The Balaban J connectivity index is 1.25. The molecule has 30 heavy (non-hydrogen) atoms. The highest BCUT2D eigenvalue weighted by molar-refractivity contribution is 5.78. The van der Waals surface area contributed by atoms with Gasteiger partial charge in [-0.05, 0) is 37.1 Å². The summed E-state index contributed by atoms with van der Waals surface area (Å²) in [5.41, 5.74) is 0. The summed E-state index contributed by atoms with van der Waals surface area (Å²) < 4.78 is 30.0. The maximum atomic E-state index is 13.0. The quantitative estimate of drug-likeness (QED) is 0.681. The number of aromatic nitrogens is 2. The number of piperidine rings is 1. The zero-order chi connectivity index (χ0) is 20.9. The number of nitrogens with zero attached hydrogens (tertiary/aromatic N) is 4. The number of amides is 1. The number of ether oxygens (including phenoxy) is 2. The van der Waals surface area contributed by atoms with Crippen LogP contribution in [0.2, 0.25) is 0 Å². The van der Waals surface area contributed by atoms with Gasteiger partial charge in [-0.1, -0.05) is 6.92 Å². The van der Waals surface area contributed by atoms with Crippen LogP contribution in [-0.4, -0.2) is 70.9 Å². The van der Waals surface area contributed by atoms with Crippen LogP contribution >= 0.6 is 0 Å². The fourth-order valence-corrected chi connectivity index (χ4v) is 3.90. The molecule has 9 heteroatoms. The fraction of sp³-hybridized carbons (Fsp3) is 0.571. The summed E-state index contributed by atoms with van der Waals surface area (Å²) in [6.45, 7) is 5.27. The molecular formula is C21H27FN4O4. The zero-order valence-corrected chi connectivity index (χ0v) is 17.1. The molecule has 2 fully saturated rings. The number of aryl methyl sites for hydroxylation is 1. The van der Waals surface area contributed by atoms with Gasteiger partial charge in [0.25, 0.3) is 0 Å². The van der Waals surface area contributed by atoms with Crippen molar-refractivity contribution in [3.8, 4) is 5.75 Å². The van der Waals surface area contributed by atoms with Crippen molar-refractivity contribution in [3.63, 3.8) is 0 Å². The number of halogens is 1. The van der Waals surface area contributed by atoms with E-state index in [0.717, 1.165) is 32.4 Å². The Morgan fingerprint density at radius 1 is 1.17 bits per heavy atom. The minimum atomic E-state index is -0.302. The van der Waals surface area contributed by atoms with Crippen molar-refractivity contribution >= 4 is 5.91 Å². The lowest BCUT2D eigenvalue weighted by Crippen LogP contribution is -2.55. The topological polar surface area (TPSA) is 80.9 Å². The number of carbonyl (C=O) groups excluding carboxylic acids is 1. The number of hydrogen-bond acceptors (Lipinski definition) is 7. The lowest BCUT2D eigenvalue weighted by Gasteiger charge is -2.41. The number of morpholine rings is 1. The lowest BCUT2D eigenvalue weighted by molar-refractivity contribution is -0.155. The molecule has 3 heterocycles. The third-order valence-electron chi connectivity index (χ3n) is 5.58. The average molecular weight is 418 g/mol.